The van der Waals surface area contributed by atoms with Crippen molar-refractivity contribution >= 4 is 17.2 Å². The van der Waals surface area contributed by atoms with Crippen LogP contribution in [0.4, 0.5) is 0 Å². The molecular weight excluding hydrogens is 400 g/mol. The molecule has 0 unspecified atom stereocenters. The van der Waals surface area contributed by atoms with Crippen LogP contribution in [-0.2, 0) is 28.2 Å². The van der Waals surface area contributed by atoms with Crippen molar-refractivity contribution in [3.63, 3.8) is 0 Å². The monoisotopic (exact) mass is 430 g/mol. The van der Waals surface area contributed by atoms with E-state index in [0.29, 0.717) is 39.1 Å². The van der Waals surface area contributed by atoms with Crippen LogP contribution in [0.3, 0.4) is 0 Å². The minimum absolute atomic E-state index is 0.0752. The second-order valence-corrected chi connectivity index (χ2v) is 9.35. The Balaban J connectivity index is 1.31. The lowest BCUT2D eigenvalue weighted by molar-refractivity contribution is -0.143. The Morgan fingerprint density at radius 2 is 2.10 bits per heavy atom. The predicted octanol–water partition coefficient (Wildman–Crippen LogP) is 2.41. The van der Waals surface area contributed by atoms with E-state index in [-0.39, 0.29) is 11.8 Å². The molecule has 162 valence electrons. The van der Waals surface area contributed by atoms with E-state index in [1.54, 1.807) is 17.5 Å². The SMILES string of the molecule is CN(Cc1cccnc1)Cc1nc(C2(O)CCN(C(=O)C3CCOCC3)CC2)cs1. The van der Waals surface area contributed by atoms with Crippen LogP contribution in [0.15, 0.2) is 29.9 Å². The lowest BCUT2D eigenvalue weighted by atomic mass is 9.87. The number of pyridine rings is 1. The Hall–Kier alpha value is -1.87. The van der Waals surface area contributed by atoms with Gasteiger partial charge >= 0.3 is 0 Å². The van der Waals surface area contributed by atoms with Gasteiger partial charge in [0.15, 0.2) is 0 Å². The summed E-state index contributed by atoms with van der Waals surface area (Å²) in [5.41, 5.74) is 0.968. The van der Waals surface area contributed by atoms with Crippen LogP contribution in [-0.4, -0.2) is 64.1 Å². The number of carbonyl (C=O) groups is 1. The highest BCUT2D eigenvalue weighted by Crippen LogP contribution is 2.34. The third kappa shape index (κ3) is 5.06. The first-order chi connectivity index (χ1) is 14.5. The van der Waals surface area contributed by atoms with Crippen LogP contribution >= 0.6 is 11.3 Å². The van der Waals surface area contributed by atoms with E-state index in [1.165, 1.54) is 0 Å². The van der Waals surface area contributed by atoms with Crippen molar-refractivity contribution in [2.75, 3.05) is 33.4 Å². The molecule has 2 fully saturated rings. The summed E-state index contributed by atoms with van der Waals surface area (Å²) in [5, 5.41) is 14.2. The second kappa shape index (κ2) is 9.51. The minimum atomic E-state index is -0.941. The maximum atomic E-state index is 12.7. The first-order valence-corrected chi connectivity index (χ1v) is 11.5. The Morgan fingerprint density at radius 1 is 1.33 bits per heavy atom. The molecule has 2 aliphatic rings. The highest BCUT2D eigenvalue weighted by Gasteiger charge is 2.38. The number of likely N-dealkylation sites (tertiary alicyclic amines) is 1. The zero-order valence-electron chi connectivity index (χ0n) is 17.5. The van der Waals surface area contributed by atoms with Gasteiger partial charge in [0.25, 0.3) is 0 Å². The first kappa shape index (κ1) is 21.4. The Labute approximate surface area is 181 Å². The van der Waals surface area contributed by atoms with Crippen LogP contribution in [0.5, 0.6) is 0 Å². The topological polar surface area (TPSA) is 78.8 Å². The Kier molecular flexibility index (Phi) is 6.77. The van der Waals surface area contributed by atoms with Crippen LogP contribution in [0, 0.1) is 5.92 Å². The molecule has 0 aliphatic carbocycles. The van der Waals surface area contributed by atoms with Gasteiger partial charge in [-0.1, -0.05) is 6.07 Å². The fraction of sp³-hybridized carbons (Fsp3) is 0.591. The summed E-state index contributed by atoms with van der Waals surface area (Å²) in [5.74, 6) is 0.294. The van der Waals surface area contributed by atoms with Gasteiger partial charge in [0.2, 0.25) is 5.91 Å². The molecule has 1 N–H and O–H groups in total. The molecule has 0 radical (unpaired) electrons. The van der Waals surface area contributed by atoms with Crippen LogP contribution < -0.4 is 0 Å². The van der Waals surface area contributed by atoms with Crippen molar-refractivity contribution in [3.8, 4) is 0 Å². The number of ether oxygens (including phenoxy) is 1. The van der Waals surface area contributed by atoms with Crippen molar-refractivity contribution in [3.05, 3.63) is 46.2 Å². The fourth-order valence-electron chi connectivity index (χ4n) is 4.24. The average Bonchev–Trinajstić information content (AvgIpc) is 3.24. The minimum Gasteiger partial charge on any atom is -0.383 e. The molecule has 0 saturated carbocycles. The van der Waals surface area contributed by atoms with E-state index >= 15 is 0 Å². The van der Waals surface area contributed by atoms with Crippen LogP contribution in [0.1, 0.15) is 41.9 Å². The van der Waals surface area contributed by atoms with Crippen molar-refractivity contribution in [2.45, 2.75) is 44.4 Å². The normalized spacial score (nSPS) is 19.9. The van der Waals surface area contributed by atoms with Gasteiger partial charge in [-0.25, -0.2) is 4.98 Å². The van der Waals surface area contributed by atoms with Gasteiger partial charge in [0.05, 0.1) is 12.2 Å². The number of rotatable bonds is 6. The maximum Gasteiger partial charge on any atom is 0.225 e. The number of aromatic nitrogens is 2. The third-order valence-electron chi connectivity index (χ3n) is 6.08. The largest absolute Gasteiger partial charge is 0.383 e. The first-order valence-electron chi connectivity index (χ1n) is 10.6. The lowest BCUT2D eigenvalue weighted by Crippen LogP contribution is -2.48. The number of amides is 1. The van der Waals surface area contributed by atoms with Crippen molar-refractivity contribution in [1.29, 1.82) is 0 Å². The molecule has 2 aromatic rings. The Morgan fingerprint density at radius 3 is 2.80 bits per heavy atom. The van der Waals surface area contributed by atoms with E-state index in [9.17, 15) is 9.90 Å². The zero-order valence-corrected chi connectivity index (χ0v) is 18.3. The van der Waals surface area contributed by atoms with Gasteiger partial charge in [0, 0.05) is 56.5 Å². The number of thiazole rings is 1. The molecule has 8 heteroatoms. The zero-order chi connectivity index (χ0) is 21.0. The summed E-state index contributed by atoms with van der Waals surface area (Å²) in [6.07, 6.45) is 6.35. The van der Waals surface area contributed by atoms with E-state index in [1.807, 2.05) is 22.5 Å². The van der Waals surface area contributed by atoms with Gasteiger partial charge < -0.3 is 14.7 Å². The second-order valence-electron chi connectivity index (χ2n) is 8.40. The number of nitrogens with zero attached hydrogens (tertiary/aromatic N) is 4. The van der Waals surface area contributed by atoms with E-state index in [4.69, 9.17) is 9.72 Å². The highest BCUT2D eigenvalue weighted by molar-refractivity contribution is 7.09. The standard InChI is InChI=1S/C22H30N4O3S/c1-25(14-17-3-2-8-23-13-17)15-20-24-19(16-30-20)22(28)6-9-26(10-7-22)21(27)18-4-11-29-12-5-18/h2-3,8,13,16,18,28H,4-7,9-12,14-15H2,1H3. The van der Waals surface area contributed by atoms with E-state index in [2.05, 4.69) is 23.0 Å². The van der Waals surface area contributed by atoms with Crippen molar-refractivity contribution in [2.24, 2.45) is 5.92 Å². The summed E-state index contributed by atoms with van der Waals surface area (Å²) in [6, 6.07) is 4.01. The molecule has 2 aromatic heterocycles. The summed E-state index contributed by atoms with van der Waals surface area (Å²) in [4.78, 5) is 25.7. The van der Waals surface area contributed by atoms with E-state index in [0.717, 1.165) is 42.2 Å². The fourth-order valence-corrected chi connectivity index (χ4v) is 5.21. The Bertz CT molecular complexity index is 830. The molecule has 2 aliphatic heterocycles. The molecule has 0 aromatic carbocycles. The smallest absolute Gasteiger partial charge is 0.225 e. The molecule has 2 saturated heterocycles. The quantitative estimate of drug-likeness (QED) is 0.758. The molecule has 0 bridgehead atoms. The number of aliphatic hydroxyl groups is 1. The van der Waals surface area contributed by atoms with Gasteiger partial charge in [-0.2, -0.15) is 0 Å². The summed E-state index contributed by atoms with van der Waals surface area (Å²) >= 11 is 1.59. The molecule has 4 rings (SSSR count). The molecule has 4 heterocycles. The van der Waals surface area contributed by atoms with Gasteiger partial charge in [0.1, 0.15) is 10.6 Å². The number of piperidine rings is 1. The number of hydrogen-bond acceptors (Lipinski definition) is 7. The third-order valence-corrected chi connectivity index (χ3v) is 6.92. The molecule has 1 amide bonds. The highest BCUT2D eigenvalue weighted by atomic mass is 32.1. The van der Waals surface area contributed by atoms with Crippen LogP contribution in [0.2, 0.25) is 0 Å². The van der Waals surface area contributed by atoms with Crippen molar-refractivity contribution in [1.82, 2.24) is 19.8 Å². The summed E-state index contributed by atoms with van der Waals surface area (Å²) in [7, 11) is 2.06. The average molecular weight is 431 g/mol. The number of carbonyl (C=O) groups excluding carboxylic acids is 1. The molecule has 30 heavy (non-hydrogen) atoms. The van der Waals surface area contributed by atoms with E-state index < -0.39 is 5.60 Å². The van der Waals surface area contributed by atoms with Gasteiger partial charge in [-0.05, 0) is 44.4 Å². The summed E-state index contributed by atoms with van der Waals surface area (Å²) in [6.45, 7) is 4.04. The molecular formula is C22H30N4O3S. The predicted molar refractivity (Wildman–Crippen MR) is 115 cm³/mol. The van der Waals surface area contributed by atoms with Crippen LogP contribution in [0.25, 0.3) is 0 Å². The lowest BCUT2D eigenvalue weighted by Gasteiger charge is -2.39. The molecule has 7 nitrogen and oxygen atoms in total. The van der Waals surface area contributed by atoms with Crippen molar-refractivity contribution < 1.29 is 14.6 Å². The molecule has 0 atom stereocenters. The van der Waals surface area contributed by atoms with Gasteiger partial charge in [-0.15, -0.1) is 11.3 Å². The molecule has 0 spiro atoms. The number of hydrogen-bond donors (Lipinski definition) is 1. The maximum absolute atomic E-state index is 12.7. The van der Waals surface area contributed by atoms with Gasteiger partial charge in [-0.3, -0.25) is 14.7 Å². The summed E-state index contributed by atoms with van der Waals surface area (Å²) < 4.78 is 5.37.